The molecule has 5 rings (SSSR count). The number of amides is 2. The molecule has 14 heteroatoms. The summed E-state index contributed by atoms with van der Waals surface area (Å²) in [5.41, 5.74) is -5.46. The highest BCUT2D eigenvalue weighted by atomic mass is 35.5. The quantitative estimate of drug-likeness (QED) is 0.210. The van der Waals surface area contributed by atoms with Gasteiger partial charge in [0.25, 0.3) is 0 Å². The zero-order valence-electron chi connectivity index (χ0n) is 21.2. The fraction of sp³-hybridized carbons (Fsp3) is 0.250. The van der Waals surface area contributed by atoms with Crippen molar-refractivity contribution in [3.05, 3.63) is 99.0 Å². The summed E-state index contributed by atoms with van der Waals surface area (Å²) in [6, 6.07) is 9.61. The van der Waals surface area contributed by atoms with E-state index in [9.17, 15) is 40.7 Å². The molecule has 2 aliphatic rings. The van der Waals surface area contributed by atoms with E-state index in [1.165, 1.54) is 30.3 Å². The Balaban J connectivity index is 1.84. The zero-order chi connectivity index (χ0) is 30.8. The number of hydrogen-bond acceptors (Lipinski definition) is 5. The minimum absolute atomic E-state index is 0.129. The monoisotopic (exact) mass is 630 g/mol. The number of fused-ring (bicyclic) bond motifs is 1. The molecule has 3 atom stereocenters. The molecule has 3 aromatic rings. The van der Waals surface area contributed by atoms with E-state index in [-0.39, 0.29) is 26.9 Å². The van der Waals surface area contributed by atoms with Crippen LogP contribution in [0.1, 0.15) is 22.3 Å². The first-order chi connectivity index (χ1) is 19.6. The zero-order valence-corrected chi connectivity index (χ0v) is 22.7. The van der Waals surface area contributed by atoms with Crippen molar-refractivity contribution in [3.63, 3.8) is 0 Å². The van der Waals surface area contributed by atoms with Crippen LogP contribution in [0.2, 0.25) is 10.0 Å². The van der Waals surface area contributed by atoms with E-state index in [0.29, 0.717) is 17.0 Å². The van der Waals surface area contributed by atoms with Crippen LogP contribution in [0.25, 0.3) is 0 Å². The number of anilines is 1. The summed E-state index contributed by atoms with van der Waals surface area (Å²) in [6.45, 7) is 0. The van der Waals surface area contributed by atoms with Crippen molar-refractivity contribution in [2.24, 2.45) is 11.8 Å². The van der Waals surface area contributed by atoms with Crippen LogP contribution in [0.3, 0.4) is 0 Å². The Labute approximate surface area is 244 Å². The third-order valence-corrected chi connectivity index (χ3v) is 8.08. The second-order valence-electron chi connectivity index (χ2n) is 9.70. The molecule has 0 aliphatic carbocycles. The number of methoxy groups -OCH3 is 1. The van der Waals surface area contributed by atoms with Crippen molar-refractivity contribution in [2.75, 3.05) is 12.0 Å². The molecule has 0 radical (unpaired) electrons. The first-order valence-electron chi connectivity index (χ1n) is 12.2. The lowest BCUT2D eigenvalue weighted by Gasteiger charge is -2.37. The molecule has 0 unspecified atom stereocenters. The number of esters is 1. The van der Waals surface area contributed by atoms with Gasteiger partial charge in [0, 0.05) is 0 Å². The molecule has 2 amide bonds. The third-order valence-electron chi connectivity index (χ3n) is 7.47. The molecule has 2 fully saturated rings. The number of nitrogens with zero attached hydrogens (tertiary/aromatic N) is 1. The lowest BCUT2D eigenvalue weighted by atomic mass is 9.71. The lowest BCUT2D eigenvalue weighted by Crippen LogP contribution is -2.52. The molecule has 42 heavy (non-hydrogen) atoms. The summed E-state index contributed by atoms with van der Waals surface area (Å²) >= 11 is 12.6. The summed E-state index contributed by atoms with van der Waals surface area (Å²) in [6.07, 6.45) is -9.76. The van der Waals surface area contributed by atoms with Crippen molar-refractivity contribution in [3.8, 4) is 0 Å². The van der Waals surface area contributed by atoms with E-state index in [4.69, 9.17) is 27.9 Å². The van der Waals surface area contributed by atoms with E-state index >= 15 is 0 Å². The van der Waals surface area contributed by atoms with Gasteiger partial charge in [0.1, 0.15) is 6.04 Å². The normalized spacial score (nSPS) is 21.9. The van der Waals surface area contributed by atoms with Crippen molar-refractivity contribution in [1.29, 1.82) is 0 Å². The maximum absolute atomic E-state index is 14.2. The second kappa shape index (κ2) is 10.3. The largest absolute Gasteiger partial charge is 0.468 e. The summed E-state index contributed by atoms with van der Waals surface area (Å²) in [5, 5.41) is 2.51. The second-order valence-corrected chi connectivity index (χ2v) is 10.5. The third kappa shape index (κ3) is 4.61. The predicted molar refractivity (Wildman–Crippen MR) is 139 cm³/mol. The number of benzene rings is 3. The van der Waals surface area contributed by atoms with Crippen LogP contribution >= 0.6 is 23.2 Å². The number of nitrogens with one attached hydrogen (secondary N) is 1. The Kier molecular flexibility index (Phi) is 7.31. The topological polar surface area (TPSA) is 75.7 Å². The highest BCUT2D eigenvalue weighted by Gasteiger charge is 2.69. The Morgan fingerprint density at radius 1 is 0.833 bits per heavy atom. The first kappa shape index (κ1) is 29.9. The van der Waals surface area contributed by atoms with E-state index in [1.807, 2.05) is 0 Å². The summed E-state index contributed by atoms with van der Waals surface area (Å²) in [4.78, 5) is 41.8. The Hall–Kier alpha value is -3.61. The van der Waals surface area contributed by atoms with Crippen LogP contribution in [0, 0.1) is 11.8 Å². The van der Waals surface area contributed by atoms with Gasteiger partial charge < -0.3 is 4.74 Å². The number of hydrogen-bond donors (Lipinski definition) is 1. The standard InChI is InChI=1S/C28H18Cl2F6N2O4/c1-42-25(41)21-19-20(24(40)38(23(19)39)22-17(29)9-4-10-18(22)30)26(37-21,13-5-2-7-15(11-13)27(31,32)33)14-6-3-8-16(12-14)28(34,35)36/h2-12,19-21,37H,1H3/t19-,20-,21+/m0/s1. The van der Waals surface area contributed by atoms with Crippen molar-refractivity contribution < 1.29 is 45.5 Å². The number of halogens is 8. The average molecular weight is 631 g/mol. The summed E-state index contributed by atoms with van der Waals surface area (Å²) < 4.78 is 87.9. The van der Waals surface area contributed by atoms with E-state index in [1.54, 1.807) is 0 Å². The lowest BCUT2D eigenvalue weighted by molar-refractivity contribution is -0.145. The van der Waals surface area contributed by atoms with Crippen LogP contribution in [0.4, 0.5) is 32.0 Å². The van der Waals surface area contributed by atoms with Gasteiger partial charge in [0.2, 0.25) is 11.8 Å². The van der Waals surface area contributed by atoms with Crippen LogP contribution in [-0.4, -0.2) is 30.9 Å². The number of alkyl halides is 6. The first-order valence-corrected chi connectivity index (χ1v) is 12.9. The Morgan fingerprint density at radius 3 is 1.76 bits per heavy atom. The average Bonchev–Trinajstić information content (AvgIpc) is 3.42. The maximum Gasteiger partial charge on any atom is 0.416 e. The highest BCUT2D eigenvalue weighted by molar-refractivity contribution is 6.42. The van der Waals surface area contributed by atoms with Gasteiger partial charge in [-0.1, -0.05) is 53.5 Å². The van der Waals surface area contributed by atoms with Gasteiger partial charge in [0.05, 0.1) is 51.3 Å². The minimum Gasteiger partial charge on any atom is -0.468 e. The molecule has 0 bridgehead atoms. The molecule has 0 spiro atoms. The molecule has 2 heterocycles. The molecule has 0 saturated carbocycles. The molecule has 6 nitrogen and oxygen atoms in total. The van der Waals surface area contributed by atoms with E-state index in [2.05, 4.69) is 5.32 Å². The Morgan fingerprint density at radius 2 is 1.31 bits per heavy atom. The number of carbonyl (C=O) groups excluding carboxylic acids is 3. The molecular weight excluding hydrogens is 613 g/mol. The van der Waals surface area contributed by atoms with E-state index in [0.717, 1.165) is 31.4 Å². The SMILES string of the molecule is COC(=O)[C@@H]1NC(c2cccc(C(F)(F)F)c2)(c2cccc(C(F)(F)F)c2)[C@@H]2C(=O)N(c3c(Cl)cccc3Cl)C(=O)[C@@H]21. The van der Waals surface area contributed by atoms with Crippen LogP contribution in [0.15, 0.2) is 66.7 Å². The van der Waals surface area contributed by atoms with Crippen LogP contribution < -0.4 is 10.2 Å². The van der Waals surface area contributed by atoms with Crippen molar-refractivity contribution >= 4 is 46.7 Å². The smallest absolute Gasteiger partial charge is 0.416 e. The van der Waals surface area contributed by atoms with Crippen molar-refractivity contribution in [1.82, 2.24) is 5.32 Å². The van der Waals surface area contributed by atoms with Gasteiger partial charge in [0.15, 0.2) is 0 Å². The van der Waals surface area contributed by atoms with Gasteiger partial charge in [-0.25, -0.2) is 4.90 Å². The number of ether oxygens (including phenoxy) is 1. The van der Waals surface area contributed by atoms with Crippen LogP contribution in [-0.2, 0) is 37.0 Å². The molecular formula is C28H18Cl2F6N2O4. The minimum atomic E-state index is -4.88. The molecule has 3 aromatic carbocycles. The molecule has 2 saturated heterocycles. The Bertz CT molecular complexity index is 1530. The fourth-order valence-electron chi connectivity index (χ4n) is 5.74. The predicted octanol–water partition coefficient (Wildman–Crippen LogP) is 6.23. The number of rotatable bonds is 4. The van der Waals surface area contributed by atoms with Gasteiger partial charge in [-0.3, -0.25) is 19.7 Å². The van der Waals surface area contributed by atoms with Gasteiger partial charge in [-0.15, -0.1) is 0 Å². The van der Waals surface area contributed by atoms with Crippen LogP contribution in [0.5, 0.6) is 0 Å². The van der Waals surface area contributed by atoms with Gasteiger partial charge in [-0.2, -0.15) is 26.3 Å². The summed E-state index contributed by atoms with van der Waals surface area (Å²) in [5.74, 6) is -6.47. The van der Waals surface area contributed by atoms with Gasteiger partial charge >= 0.3 is 18.3 Å². The number of carbonyl (C=O) groups is 3. The number of imide groups is 1. The molecule has 1 N–H and O–H groups in total. The van der Waals surface area contributed by atoms with Gasteiger partial charge in [-0.05, 0) is 47.5 Å². The maximum atomic E-state index is 14.2. The number of para-hydroxylation sites is 1. The molecule has 2 aliphatic heterocycles. The highest BCUT2D eigenvalue weighted by Crippen LogP contribution is 2.54. The summed E-state index contributed by atoms with van der Waals surface area (Å²) in [7, 11) is 0.984. The fourth-order valence-corrected chi connectivity index (χ4v) is 6.30. The van der Waals surface area contributed by atoms with E-state index < -0.39 is 64.7 Å². The molecule has 220 valence electrons. The van der Waals surface area contributed by atoms with Crippen molar-refractivity contribution in [2.45, 2.75) is 23.9 Å². The molecule has 0 aromatic heterocycles.